The molecule has 2 rings (SSSR count). The molecule has 0 aromatic heterocycles. The second-order valence-corrected chi connectivity index (χ2v) is 8.97. The first-order chi connectivity index (χ1) is 15.0. The molecular formula is C31H42. The molecule has 166 valence electrons. The normalized spacial score (nSPS) is 18.3. The third-order valence-electron chi connectivity index (χ3n) is 6.53. The maximum absolute atomic E-state index is 3.66. The topological polar surface area (TPSA) is 0 Å². The van der Waals surface area contributed by atoms with Gasteiger partial charge in [-0.25, -0.2) is 0 Å². The molecule has 1 unspecified atom stereocenters. The van der Waals surface area contributed by atoms with Gasteiger partial charge in [-0.05, 0) is 87.8 Å². The first-order valence-electron chi connectivity index (χ1n) is 12.2. The van der Waals surface area contributed by atoms with Gasteiger partial charge in [-0.1, -0.05) is 92.3 Å². The van der Waals surface area contributed by atoms with Gasteiger partial charge >= 0.3 is 0 Å². The number of unbranched alkanes of at least 4 members (excludes halogenated alkanes) is 4. The van der Waals surface area contributed by atoms with Gasteiger partial charge in [-0.15, -0.1) is 5.73 Å². The van der Waals surface area contributed by atoms with Crippen molar-refractivity contribution in [2.45, 2.75) is 86.5 Å². The van der Waals surface area contributed by atoms with E-state index in [0.29, 0.717) is 5.92 Å². The lowest BCUT2D eigenvalue weighted by Gasteiger charge is -2.20. The summed E-state index contributed by atoms with van der Waals surface area (Å²) in [6.45, 7) is 13.5. The summed E-state index contributed by atoms with van der Waals surface area (Å²) in [6.07, 6.45) is 17.7. The summed E-state index contributed by atoms with van der Waals surface area (Å²) in [5, 5.41) is 0. The molecule has 0 fully saturated rings. The molecule has 1 aliphatic rings. The highest BCUT2D eigenvalue weighted by atomic mass is 14.2. The first kappa shape index (κ1) is 25.0. The molecule has 1 aromatic rings. The number of hydrogen-bond acceptors (Lipinski definition) is 0. The van der Waals surface area contributed by atoms with E-state index in [-0.39, 0.29) is 0 Å². The van der Waals surface area contributed by atoms with Crippen LogP contribution in [0.5, 0.6) is 0 Å². The Labute approximate surface area is 191 Å². The van der Waals surface area contributed by atoms with Gasteiger partial charge in [0.15, 0.2) is 0 Å². The second-order valence-electron chi connectivity index (χ2n) is 8.97. The lowest BCUT2D eigenvalue weighted by atomic mass is 9.83. The third-order valence-corrected chi connectivity index (χ3v) is 6.53. The maximum atomic E-state index is 3.66. The predicted molar refractivity (Wildman–Crippen MR) is 139 cm³/mol. The molecule has 1 aliphatic carbocycles. The van der Waals surface area contributed by atoms with E-state index in [0.717, 1.165) is 6.42 Å². The molecule has 1 aromatic carbocycles. The Morgan fingerprint density at radius 3 is 2.42 bits per heavy atom. The van der Waals surface area contributed by atoms with Crippen LogP contribution in [0.2, 0.25) is 0 Å². The fraction of sp³-hybridized carbons (Fsp3) is 0.452. The average Bonchev–Trinajstić information content (AvgIpc) is 2.96. The summed E-state index contributed by atoms with van der Waals surface area (Å²) in [4.78, 5) is 0. The van der Waals surface area contributed by atoms with E-state index >= 15 is 0 Å². The highest BCUT2D eigenvalue weighted by Gasteiger charge is 2.21. The first-order valence-corrected chi connectivity index (χ1v) is 12.2. The summed E-state index contributed by atoms with van der Waals surface area (Å²) in [7, 11) is 0. The van der Waals surface area contributed by atoms with Crippen molar-refractivity contribution in [3.05, 3.63) is 93.8 Å². The van der Waals surface area contributed by atoms with Crippen molar-refractivity contribution in [3.8, 4) is 0 Å². The zero-order chi connectivity index (χ0) is 22.6. The zero-order valence-corrected chi connectivity index (χ0v) is 20.7. The molecule has 0 bridgehead atoms. The van der Waals surface area contributed by atoms with E-state index in [2.05, 4.69) is 102 Å². The van der Waals surface area contributed by atoms with Crippen LogP contribution >= 0.6 is 0 Å². The fourth-order valence-corrected chi connectivity index (χ4v) is 4.37. The van der Waals surface area contributed by atoms with Crippen molar-refractivity contribution < 1.29 is 0 Å². The lowest BCUT2D eigenvalue weighted by Crippen LogP contribution is -2.03. The van der Waals surface area contributed by atoms with Crippen molar-refractivity contribution in [1.29, 1.82) is 0 Å². The average molecular weight is 415 g/mol. The molecular weight excluding hydrogens is 372 g/mol. The summed E-state index contributed by atoms with van der Waals surface area (Å²) < 4.78 is 0. The van der Waals surface area contributed by atoms with Gasteiger partial charge in [-0.3, -0.25) is 0 Å². The molecule has 0 aliphatic heterocycles. The minimum atomic E-state index is 0.376. The van der Waals surface area contributed by atoms with Crippen molar-refractivity contribution >= 4 is 5.57 Å². The van der Waals surface area contributed by atoms with E-state index in [1.807, 2.05) is 0 Å². The van der Waals surface area contributed by atoms with Crippen LogP contribution in [0.1, 0.15) is 92.1 Å². The molecule has 1 atom stereocenters. The summed E-state index contributed by atoms with van der Waals surface area (Å²) >= 11 is 0. The molecule has 0 heterocycles. The van der Waals surface area contributed by atoms with Crippen LogP contribution in [0.15, 0.2) is 88.2 Å². The van der Waals surface area contributed by atoms with Gasteiger partial charge in [0, 0.05) is 5.92 Å². The van der Waals surface area contributed by atoms with Crippen LogP contribution in [0.3, 0.4) is 0 Å². The number of hydrogen-bond donors (Lipinski definition) is 0. The molecule has 0 saturated heterocycles. The van der Waals surface area contributed by atoms with E-state index in [9.17, 15) is 0 Å². The molecule has 0 saturated carbocycles. The minimum absolute atomic E-state index is 0.376. The summed E-state index contributed by atoms with van der Waals surface area (Å²) in [6, 6.07) is 11.0. The lowest BCUT2D eigenvalue weighted by molar-refractivity contribution is 0.629. The van der Waals surface area contributed by atoms with Crippen LogP contribution in [0.25, 0.3) is 5.57 Å². The van der Waals surface area contributed by atoms with Crippen molar-refractivity contribution in [2.75, 3.05) is 0 Å². The maximum Gasteiger partial charge on any atom is 0.00939 e. The molecule has 31 heavy (non-hydrogen) atoms. The Morgan fingerprint density at radius 2 is 1.74 bits per heavy atom. The van der Waals surface area contributed by atoms with E-state index in [1.165, 1.54) is 77.5 Å². The minimum Gasteiger partial charge on any atom is -0.121 e. The Kier molecular flexibility index (Phi) is 10.6. The number of benzene rings is 1. The fourth-order valence-electron chi connectivity index (χ4n) is 4.37. The summed E-state index contributed by atoms with van der Waals surface area (Å²) in [5.41, 5.74) is 13.5. The predicted octanol–water partition coefficient (Wildman–Crippen LogP) is 9.78. The Morgan fingerprint density at radius 1 is 1.03 bits per heavy atom. The van der Waals surface area contributed by atoms with Crippen molar-refractivity contribution in [1.82, 2.24) is 0 Å². The van der Waals surface area contributed by atoms with Crippen LogP contribution < -0.4 is 0 Å². The van der Waals surface area contributed by atoms with Crippen molar-refractivity contribution in [3.63, 3.8) is 0 Å². The largest absolute Gasteiger partial charge is 0.121 e. The standard InChI is InChI=1S/C31H42/c1-7-9-11-12-14-18-24(3)27(6)31-26(5)21-22-29(25(4)17-10-8-2)23-30(31)28-19-15-13-16-20-28/h8,10,13,15-17,19-20,22,29H,7,9,11-12,14,18,23H2,1-6H3. The van der Waals surface area contributed by atoms with Gasteiger partial charge in [0.25, 0.3) is 0 Å². The van der Waals surface area contributed by atoms with Gasteiger partial charge in [0.2, 0.25) is 0 Å². The van der Waals surface area contributed by atoms with Crippen LogP contribution in [-0.2, 0) is 0 Å². The van der Waals surface area contributed by atoms with Crippen LogP contribution in [-0.4, -0.2) is 0 Å². The number of allylic oxidation sites excluding steroid dienone is 9. The molecule has 0 amide bonds. The highest BCUT2D eigenvalue weighted by molar-refractivity contribution is 5.78. The SMILES string of the molecule is CC=CC=C(C)C1C=C=C(C)C(C(C)=C(C)CCCCCCC)=C(c2ccccc2)C1. The van der Waals surface area contributed by atoms with Gasteiger partial charge in [-0.2, -0.15) is 0 Å². The van der Waals surface area contributed by atoms with E-state index in [4.69, 9.17) is 0 Å². The molecule has 0 nitrogen and oxygen atoms in total. The molecule has 0 spiro atoms. The Hall–Kier alpha value is -2.30. The van der Waals surface area contributed by atoms with Crippen LogP contribution in [0, 0.1) is 5.92 Å². The summed E-state index contributed by atoms with van der Waals surface area (Å²) in [5.74, 6) is 0.376. The quantitative estimate of drug-likeness (QED) is 0.203. The van der Waals surface area contributed by atoms with Gasteiger partial charge in [0.05, 0.1) is 0 Å². The van der Waals surface area contributed by atoms with Gasteiger partial charge < -0.3 is 0 Å². The molecule has 0 radical (unpaired) electrons. The monoisotopic (exact) mass is 414 g/mol. The number of rotatable bonds is 10. The van der Waals surface area contributed by atoms with Gasteiger partial charge in [0.1, 0.15) is 0 Å². The second kappa shape index (κ2) is 13.2. The van der Waals surface area contributed by atoms with Crippen molar-refractivity contribution in [2.24, 2.45) is 5.92 Å². The Bertz CT molecular complexity index is 893. The zero-order valence-electron chi connectivity index (χ0n) is 20.7. The van der Waals surface area contributed by atoms with E-state index in [1.54, 1.807) is 0 Å². The van der Waals surface area contributed by atoms with E-state index < -0.39 is 0 Å². The Balaban J connectivity index is 2.47. The smallest absolute Gasteiger partial charge is 0.00939 e. The molecule has 0 N–H and O–H groups in total. The van der Waals surface area contributed by atoms with Crippen LogP contribution in [0.4, 0.5) is 0 Å². The molecule has 0 heteroatoms. The third kappa shape index (κ3) is 7.41. The highest BCUT2D eigenvalue weighted by Crippen LogP contribution is 2.39.